The van der Waals surface area contributed by atoms with Crippen molar-refractivity contribution in [2.24, 2.45) is 0 Å². The summed E-state index contributed by atoms with van der Waals surface area (Å²) in [6, 6.07) is -0.376. The number of pyridine rings is 1. The molecule has 0 aliphatic carbocycles. The average molecular weight is 452 g/mol. The number of hydrogen-bond donors (Lipinski definition) is 2. The highest BCUT2D eigenvalue weighted by Crippen LogP contribution is 2.46. The largest absolute Gasteiger partial charge is 0.473 e. The molecule has 12 heteroatoms. The van der Waals surface area contributed by atoms with Crippen LogP contribution in [-0.4, -0.2) is 52.7 Å². The minimum Gasteiger partial charge on any atom is -0.473 e. The Bertz CT molecular complexity index is 966. The fraction of sp³-hybridized carbons (Fsp3) is 0.471. The van der Waals surface area contributed by atoms with Crippen LogP contribution in [0.4, 0.5) is 18.0 Å². The van der Waals surface area contributed by atoms with Crippen LogP contribution in [0, 0.1) is 0 Å². The van der Waals surface area contributed by atoms with Gasteiger partial charge in [-0.05, 0) is 6.92 Å². The van der Waals surface area contributed by atoms with E-state index in [1.807, 2.05) is 0 Å². The number of thiophene rings is 1. The normalized spacial score (nSPS) is 20.0. The molecular formula is C17H17ClF3N3O4S. The number of piperidine rings is 1. The Kier molecular flexibility index (Phi) is 5.81. The van der Waals surface area contributed by atoms with E-state index in [-0.39, 0.29) is 41.2 Å². The molecule has 2 atom stereocenters. The molecule has 2 N–H and O–H groups in total. The third-order valence-electron chi connectivity index (χ3n) is 4.72. The van der Waals surface area contributed by atoms with Crippen molar-refractivity contribution in [3.8, 4) is 5.88 Å². The summed E-state index contributed by atoms with van der Waals surface area (Å²) >= 11 is 6.75. The van der Waals surface area contributed by atoms with Crippen LogP contribution in [0.15, 0.2) is 5.38 Å². The maximum absolute atomic E-state index is 13.7. The number of carbonyl (C=O) groups is 2. The maximum atomic E-state index is 13.7. The van der Waals surface area contributed by atoms with Gasteiger partial charge in [-0.3, -0.25) is 4.79 Å². The molecule has 29 heavy (non-hydrogen) atoms. The summed E-state index contributed by atoms with van der Waals surface area (Å²) in [5, 5.41) is 12.1. The molecule has 0 aromatic carbocycles. The molecule has 0 unspecified atom stereocenters. The molecule has 1 fully saturated rings. The van der Waals surface area contributed by atoms with Gasteiger partial charge in [0.15, 0.2) is 0 Å². The predicted octanol–water partition coefficient (Wildman–Crippen LogP) is 4.24. The summed E-state index contributed by atoms with van der Waals surface area (Å²) in [6.07, 6.45) is -5.86. The Morgan fingerprint density at radius 1 is 1.45 bits per heavy atom. The molecule has 2 aromatic heterocycles. The van der Waals surface area contributed by atoms with Crippen molar-refractivity contribution in [3.63, 3.8) is 0 Å². The number of amides is 2. The number of rotatable bonds is 3. The van der Waals surface area contributed by atoms with Gasteiger partial charge in [0.05, 0.1) is 21.3 Å². The standard InChI is InChI=1S/C17H17ClF3N3O4S/c1-7-5-8(3-4-24(7)16(26)27)28-15-11(18)10(17(19,20)21)13-12(23-15)9(6-29-13)14(25)22-2/h6-8H,3-5H2,1-2H3,(H,22,25)(H,26,27)/t7-,8-/m0/s1. The van der Waals surface area contributed by atoms with Crippen molar-refractivity contribution in [2.75, 3.05) is 13.6 Å². The number of carbonyl (C=O) groups excluding carboxylic acids is 1. The lowest BCUT2D eigenvalue weighted by molar-refractivity contribution is -0.136. The van der Waals surface area contributed by atoms with Gasteiger partial charge in [0.1, 0.15) is 11.1 Å². The number of halogens is 4. The van der Waals surface area contributed by atoms with E-state index in [1.165, 1.54) is 17.3 Å². The first-order chi connectivity index (χ1) is 13.5. The molecule has 0 spiro atoms. The predicted molar refractivity (Wildman–Crippen MR) is 101 cm³/mol. The molecule has 1 saturated heterocycles. The van der Waals surface area contributed by atoms with E-state index in [4.69, 9.17) is 21.4 Å². The minimum absolute atomic E-state index is 0.00594. The van der Waals surface area contributed by atoms with E-state index in [0.29, 0.717) is 0 Å². The average Bonchev–Trinajstić information content (AvgIpc) is 3.03. The molecule has 0 radical (unpaired) electrons. The smallest absolute Gasteiger partial charge is 0.419 e. The van der Waals surface area contributed by atoms with Crippen LogP contribution >= 0.6 is 22.9 Å². The van der Waals surface area contributed by atoms with Crippen molar-refractivity contribution >= 4 is 45.2 Å². The zero-order valence-corrected chi connectivity index (χ0v) is 16.9. The molecule has 0 saturated carbocycles. The van der Waals surface area contributed by atoms with Crippen LogP contribution in [0.1, 0.15) is 35.7 Å². The second-order valence-electron chi connectivity index (χ2n) is 6.60. The van der Waals surface area contributed by atoms with Crippen LogP contribution in [0.25, 0.3) is 10.2 Å². The van der Waals surface area contributed by atoms with Gasteiger partial charge >= 0.3 is 12.3 Å². The highest BCUT2D eigenvalue weighted by Gasteiger charge is 2.40. The molecule has 7 nitrogen and oxygen atoms in total. The van der Waals surface area contributed by atoms with E-state index in [0.717, 1.165) is 11.3 Å². The Hall–Kier alpha value is -2.27. The molecule has 1 aliphatic rings. The lowest BCUT2D eigenvalue weighted by Gasteiger charge is -2.35. The van der Waals surface area contributed by atoms with E-state index < -0.39 is 40.7 Å². The number of nitrogens with zero attached hydrogens (tertiary/aromatic N) is 2. The third-order valence-corrected chi connectivity index (χ3v) is 6.06. The summed E-state index contributed by atoms with van der Waals surface area (Å²) in [5.74, 6) is -0.996. The van der Waals surface area contributed by atoms with Gasteiger partial charge in [0.2, 0.25) is 5.88 Å². The van der Waals surface area contributed by atoms with Gasteiger partial charge in [-0.15, -0.1) is 11.3 Å². The zero-order chi connectivity index (χ0) is 21.5. The van der Waals surface area contributed by atoms with Gasteiger partial charge in [0.25, 0.3) is 5.91 Å². The summed E-state index contributed by atoms with van der Waals surface area (Å²) in [4.78, 5) is 28.5. The molecule has 0 bridgehead atoms. The number of likely N-dealkylation sites (tertiary alicyclic amines) is 1. The number of alkyl halides is 3. The SMILES string of the molecule is CNC(=O)c1csc2c(C(F)(F)F)c(Cl)c(O[C@H]3CCN(C(=O)O)[C@@H](C)C3)nc12. The van der Waals surface area contributed by atoms with Gasteiger partial charge in [0, 0.05) is 37.9 Å². The Balaban J connectivity index is 2.03. The zero-order valence-electron chi connectivity index (χ0n) is 15.3. The molecule has 3 rings (SSSR count). The van der Waals surface area contributed by atoms with E-state index in [2.05, 4.69) is 10.3 Å². The summed E-state index contributed by atoms with van der Waals surface area (Å²) < 4.78 is 46.5. The fourth-order valence-corrected chi connectivity index (χ4v) is 4.70. The summed E-state index contributed by atoms with van der Waals surface area (Å²) in [7, 11) is 1.36. The van der Waals surface area contributed by atoms with Crippen LogP contribution in [0.2, 0.25) is 5.02 Å². The van der Waals surface area contributed by atoms with E-state index in [1.54, 1.807) is 6.92 Å². The van der Waals surface area contributed by atoms with Gasteiger partial charge in [-0.25, -0.2) is 9.78 Å². The molecule has 1 aliphatic heterocycles. The lowest BCUT2D eigenvalue weighted by Crippen LogP contribution is -2.46. The first-order valence-electron chi connectivity index (χ1n) is 8.60. The summed E-state index contributed by atoms with van der Waals surface area (Å²) in [6.45, 7) is 1.86. The second kappa shape index (κ2) is 7.86. The highest BCUT2D eigenvalue weighted by molar-refractivity contribution is 7.17. The Morgan fingerprint density at radius 2 is 2.14 bits per heavy atom. The molecule has 158 valence electrons. The van der Waals surface area contributed by atoms with Gasteiger partial charge in [-0.1, -0.05) is 11.6 Å². The van der Waals surface area contributed by atoms with Crippen molar-refractivity contribution in [1.29, 1.82) is 0 Å². The van der Waals surface area contributed by atoms with Crippen LogP contribution < -0.4 is 10.1 Å². The minimum atomic E-state index is -4.78. The monoisotopic (exact) mass is 451 g/mol. The van der Waals surface area contributed by atoms with Crippen LogP contribution in [-0.2, 0) is 6.18 Å². The van der Waals surface area contributed by atoms with Crippen molar-refractivity contribution in [2.45, 2.75) is 38.1 Å². The first kappa shape index (κ1) is 21.4. The number of ether oxygens (including phenoxy) is 1. The van der Waals surface area contributed by atoms with E-state index >= 15 is 0 Å². The second-order valence-corrected chi connectivity index (χ2v) is 7.86. The Morgan fingerprint density at radius 3 is 2.69 bits per heavy atom. The first-order valence-corrected chi connectivity index (χ1v) is 9.86. The Labute approximate surface area is 172 Å². The van der Waals surface area contributed by atoms with Gasteiger partial charge < -0.3 is 20.1 Å². The van der Waals surface area contributed by atoms with Crippen molar-refractivity contribution in [1.82, 2.24) is 15.2 Å². The number of carboxylic acid groups (broad SMARTS) is 1. The molecule has 2 amide bonds. The molecule has 3 heterocycles. The quantitative estimate of drug-likeness (QED) is 0.728. The number of hydrogen-bond acceptors (Lipinski definition) is 5. The van der Waals surface area contributed by atoms with Crippen molar-refractivity contribution < 1.29 is 32.6 Å². The number of aromatic nitrogens is 1. The van der Waals surface area contributed by atoms with Crippen LogP contribution in [0.3, 0.4) is 0 Å². The maximum Gasteiger partial charge on any atom is 0.419 e. The molecular weight excluding hydrogens is 435 g/mol. The number of fused-ring (bicyclic) bond motifs is 1. The van der Waals surface area contributed by atoms with Gasteiger partial charge in [-0.2, -0.15) is 13.2 Å². The highest BCUT2D eigenvalue weighted by atomic mass is 35.5. The third kappa shape index (κ3) is 4.06. The number of nitrogens with one attached hydrogen (secondary N) is 1. The van der Waals surface area contributed by atoms with Crippen molar-refractivity contribution in [3.05, 3.63) is 21.5 Å². The van der Waals surface area contributed by atoms with Crippen LogP contribution in [0.5, 0.6) is 5.88 Å². The van der Waals surface area contributed by atoms with E-state index in [9.17, 15) is 22.8 Å². The molecule has 2 aromatic rings. The topological polar surface area (TPSA) is 91.8 Å². The lowest BCUT2D eigenvalue weighted by atomic mass is 10.0. The fourth-order valence-electron chi connectivity index (χ4n) is 3.30. The summed E-state index contributed by atoms with van der Waals surface area (Å²) in [5.41, 5.74) is -1.25.